The summed E-state index contributed by atoms with van der Waals surface area (Å²) in [4.78, 5) is 4.51. The van der Waals surface area contributed by atoms with Crippen molar-refractivity contribution in [3.63, 3.8) is 0 Å². The summed E-state index contributed by atoms with van der Waals surface area (Å²) in [5, 5.41) is 12.3. The zero-order valence-corrected chi connectivity index (χ0v) is 12.8. The molecule has 0 atom stereocenters. The lowest BCUT2D eigenvalue weighted by Crippen LogP contribution is -2.00. The highest BCUT2D eigenvalue weighted by Gasteiger charge is 2.10. The summed E-state index contributed by atoms with van der Waals surface area (Å²) in [5.41, 5.74) is 3.32. The molecule has 108 valence electrons. The molecule has 0 radical (unpaired) electrons. The number of aryl methyl sites for hydroxylation is 2. The average molecular weight is 301 g/mol. The topological polar surface area (TPSA) is 82.9 Å². The van der Waals surface area contributed by atoms with Crippen LogP contribution in [-0.4, -0.2) is 19.7 Å². The third-order valence-electron chi connectivity index (χ3n) is 3.00. The lowest BCUT2D eigenvalue weighted by atomic mass is 10.1. The van der Waals surface area contributed by atoms with Gasteiger partial charge < -0.3 is 5.32 Å². The molecule has 0 saturated heterocycles. The Balaban J connectivity index is 2.37. The Labute approximate surface area is 124 Å². The fourth-order valence-corrected chi connectivity index (χ4v) is 2.64. The van der Waals surface area contributed by atoms with Gasteiger partial charge in [-0.15, -0.1) is 0 Å². The fraction of sp³-hybridized carbons (Fsp3) is 0.200. The van der Waals surface area contributed by atoms with Crippen molar-refractivity contribution in [3.8, 4) is 6.07 Å². The second-order valence-corrected chi connectivity index (χ2v) is 6.82. The van der Waals surface area contributed by atoms with Crippen LogP contribution in [0.5, 0.6) is 0 Å². The summed E-state index contributed by atoms with van der Waals surface area (Å²) in [5.74, 6) is 0. The lowest BCUT2D eigenvalue weighted by Gasteiger charge is -2.11. The van der Waals surface area contributed by atoms with E-state index in [4.69, 9.17) is 0 Å². The molecule has 0 bridgehead atoms. The van der Waals surface area contributed by atoms with Crippen LogP contribution >= 0.6 is 0 Å². The summed E-state index contributed by atoms with van der Waals surface area (Å²) >= 11 is 0. The van der Waals surface area contributed by atoms with Crippen LogP contribution < -0.4 is 5.32 Å². The highest BCUT2D eigenvalue weighted by Crippen LogP contribution is 2.24. The van der Waals surface area contributed by atoms with E-state index in [1.807, 2.05) is 6.92 Å². The van der Waals surface area contributed by atoms with Gasteiger partial charge in [0.25, 0.3) is 0 Å². The molecule has 0 aliphatic carbocycles. The largest absolute Gasteiger partial charge is 0.354 e. The number of anilines is 2. The highest BCUT2D eigenvalue weighted by molar-refractivity contribution is 7.90. The Morgan fingerprint density at radius 1 is 1.19 bits per heavy atom. The number of rotatable bonds is 3. The van der Waals surface area contributed by atoms with Crippen LogP contribution in [0.15, 0.2) is 35.2 Å². The number of benzene rings is 1. The van der Waals surface area contributed by atoms with Gasteiger partial charge >= 0.3 is 0 Å². The Kier molecular flexibility index (Phi) is 3.96. The molecule has 0 unspecified atom stereocenters. The molecule has 1 heterocycles. The quantitative estimate of drug-likeness (QED) is 0.942. The number of aromatic nitrogens is 1. The molecule has 2 rings (SSSR count). The van der Waals surface area contributed by atoms with Crippen molar-refractivity contribution in [1.29, 1.82) is 5.26 Å². The van der Waals surface area contributed by atoms with Crippen LogP contribution in [0, 0.1) is 25.2 Å². The van der Waals surface area contributed by atoms with Gasteiger partial charge in [-0.3, -0.25) is 4.98 Å². The predicted octanol–water partition coefficient (Wildman–Crippen LogP) is 2.72. The third-order valence-corrected chi connectivity index (χ3v) is 4.13. The molecule has 5 nitrogen and oxygen atoms in total. The maximum Gasteiger partial charge on any atom is 0.175 e. The molecule has 0 fully saturated rings. The van der Waals surface area contributed by atoms with Crippen molar-refractivity contribution in [3.05, 3.63) is 47.3 Å². The SMILES string of the molecule is Cc1cc(Nc2ccc(S(C)(=O)=O)cc2)c(C#N)c(C)n1. The van der Waals surface area contributed by atoms with E-state index in [1.54, 1.807) is 25.1 Å². The van der Waals surface area contributed by atoms with Crippen molar-refractivity contribution < 1.29 is 8.42 Å². The maximum atomic E-state index is 11.4. The number of hydrogen-bond donors (Lipinski definition) is 1. The molecule has 1 aromatic heterocycles. The van der Waals surface area contributed by atoms with Crippen LogP contribution in [0.1, 0.15) is 17.0 Å². The van der Waals surface area contributed by atoms with E-state index in [9.17, 15) is 13.7 Å². The zero-order valence-electron chi connectivity index (χ0n) is 12.0. The van der Waals surface area contributed by atoms with E-state index in [0.717, 1.165) is 5.69 Å². The standard InChI is InChI=1S/C15H15N3O2S/c1-10-8-15(14(9-16)11(2)17-10)18-12-4-6-13(7-5-12)21(3,19)20/h4-8H,1-3H3,(H,17,18). The predicted molar refractivity (Wildman–Crippen MR) is 81.3 cm³/mol. The summed E-state index contributed by atoms with van der Waals surface area (Å²) in [6.07, 6.45) is 1.17. The zero-order chi connectivity index (χ0) is 15.6. The number of sulfone groups is 1. The van der Waals surface area contributed by atoms with Gasteiger partial charge in [-0.05, 0) is 44.2 Å². The molecule has 6 heteroatoms. The van der Waals surface area contributed by atoms with Crippen molar-refractivity contribution in [1.82, 2.24) is 4.98 Å². The summed E-state index contributed by atoms with van der Waals surface area (Å²) in [6, 6.07) is 10.3. The van der Waals surface area contributed by atoms with Gasteiger partial charge in [0, 0.05) is 17.6 Å². The Morgan fingerprint density at radius 3 is 2.33 bits per heavy atom. The fourth-order valence-electron chi connectivity index (χ4n) is 2.01. The second kappa shape index (κ2) is 5.54. The smallest absolute Gasteiger partial charge is 0.175 e. The van der Waals surface area contributed by atoms with Gasteiger partial charge in [-0.25, -0.2) is 8.42 Å². The average Bonchev–Trinajstić information content (AvgIpc) is 2.38. The van der Waals surface area contributed by atoms with Gasteiger partial charge in [0.2, 0.25) is 0 Å². The molecule has 0 aliphatic rings. The summed E-state index contributed by atoms with van der Waals surface area (Å²) in [6.45, 7) is 3.63. The van der Waals surface area contributed by atoms with E-state index >= 15 is 0 Å². The van der Waals surface area contributed by atoms with E-state index < -0.39 is 9.84 Å². The number of nitriles is 1. The number of nitrogens with zero attached hydrogens (tertiary/aromatic N) is 2. The number of hydrogen-bond acceptors (Lipinski definition) is 5. The number of pyridine rings is 1. The first-order chi connectivity index (χ1) is 9.81. The van der Waals surface area contributed by atoms with Crippen LogP contribution in [0.3, 0.4) is 0 Å². The first-order valence-corrected chi connectivity index (χ1v) is 8.16. The van der Waals surface area contributed by atoms with E-state index in [2.05, 4.69) is 16.4 Å². The second-order valence-electron chi connectivity index (χ2n) is 4.80. The molecule has 0 spiro atoms. The van der Waals surface area contributed by atoms with E-state index in [1.165, 1.54) is 18.4 Å². The van der Waals surface area contributed by atoms with Crippen LogP contribution in [0.2, 0.25) is 0 Å². The molecular formula is C15H15N3O2S. The number of nitrogens with one attached hydrogen (secondary N) is 1. The summed E-state index contributed by atoms with van der Waals surface area (Å²) in [7, 11) is -3.21. The van der Waals surface area contributed by atoms with Crippen LogP contribution in [0.4, 0.5) is 11.4 Å². The van der Waals surface area contributed by atoms with Gasteiger partial charge in [-0.2, -0.15) is 5.26 Å². The normalized spacial score (nSPS) is 11.0. The van der Waals surface area contributed by atoms with Gasteiger partial charge in [-0.1, -0.05) is 0 Å². The lowest BCUT2D eigenvalue weighted by molar-refractivity contribution is 0.602. The maximum absolute atomic E-state index is 11.4. The molecule has 21 heavy (non-hydrogen) atoms. The van der Waals surface area contributed by atoms with Crippen molar-refractivity contribution in [2.45, 2.75) is 18.7 Å². The molecule has 1 aromatic carbocycles. The molecular weight excluding hydrogens is 286 g/mol. The highest BCUT2D eigenvalue weighted by atomic mass is 32.2. The Morgan fingerprint density at radius 2 is 1.81 bits per heavy atom. The first kappa shape index (κ1) is 15.0. The minimum Gasteiger partial charge on any atom is -0.354 e. The van der Waals surface area contributed by atoms with Gasteiger partial charge in [0.15, 0.2) is 9.84 Å². The van der Waals surface area contributed by atoms with Crippen molar-refractivity contribution in [2.75, 3.05) is 11.6 Å². The molecule has 0 aliphatic heterocycles. The minimum absolute atomic E-state index is 0.260. The van der Waals surface area contributed by atoms with Crippen molar-refractivity contribution in [2.24, 2.45) is 0 Å². The Hall–Kier alpha value is -2.39. The van der Waals surface area contributed by atoms with Gasteiger partial charge in [0.05, 0.1) is 21.8 Å². The Bertz CT molecular complexity index is 819. The van der Waals surface area contributed by atoms with Gasteiger partial charge in [0.1, 0.15) is 6.07 Å². The third kappa shape index (κ3) is 3.38. The monoisotopic (exact) mass is 301 g/mol. The van der Waals surface area contributed by atoms with Crippen LogP contribution in [0.25, 0.3) is 0 Å². The van der Waals surface area contributed by atoms with Crippen LogP contribution in [-0.2, 0) is 9.84 Å². The van der Waals surface area contributed by atoms with Crippen molar-refractivity contribution >= 4 is 21.2 Å². The molecule has 0 amide bonds. The molecule has 0 saturated carbocycles. The molecule has 1 N–H and O–H groups in total. The van der Waals surface area contributed by atoms with E-state index in [-0.39, 0.29) is 4.90 Å². The summed E-state index contributed by atoms with van der Waals surface area (Å²) < 4.78 is 22.8. The first-order valence-electron chi connectivity index (χ1n) is 6.27. The minimum atomic E-state index is -3.21. The molecule has 2 aromatic rings. The van der Waals surface area contributed by atoms with E-state index in [0.29, 0.717) is 22.6 Å².